The molecule has 0 atom stereocenters. The van der Waals surface area contributed by atoms with Crippen LogP contribution in [0.15, 0.2) is 65.7 Å². The fourth-order valence-corrected chi connectivity index (χ4v) is 3.40. The highest BCUT2D eigenvalue weighted by molar-refractivity contribution is 8.02. The lowest BCUT2D eigenvalue weighted by Gasteiger charge is -2.06. The molecule has 0 radical (unpaired) electrons. The van der Waals surface area contributed by atoms with Crippen molar-refractivity contribution in [1.82, 2.24) is 15.0 Å². The number of Topliss-reactive ketones (excluding diaryl/α,β-unsaturated/α-hetero) is 1. The molecule has 0 fully saturated rings. The number of allylic oxidation sites excluding steroid dienone is 2. The van der Waals surface area contributed by atoms with Crippen molar-refractivity contribution < 1.29 is 4.79 Å². The van der Waals surface area contributed by atoms with Crippen molar-refractivity contribution in [3.05, 3.63) is 88.1 Å². The van der Waals surface area contributed by atoms with Gasteiger partial charge in [0.1, 0.15) is 11.8 Å². The molecule has 1 heterocycles. The van der Waals surface area contributed by atoms with Crippen LogP contribution in [-0.2, 0) is 6.54 Å². The van der Waals surface area contributed by atoms with Crippen LogP contribution in [0.5, 0.6) is 0 Å². The lowest BCUT2D eigenvalue weighted by Crippen LogP contribution is -2.01. The molecular formula is C22H20N4OS. The normalized spacial score (nSPS) is 11.6. The van der Waals surface area contributed by atoms with Crippen LogP contribution in [0.1, 0.15) is 33.6 Å². The summed E-state index contributed by atoms with van der Waals surface area (Å²) >= 11 is 1.40. The van der Waals surface area contributed by atoms with Gasteiger partial charge >= 0.3 is 0 Å². The quantitative estimate of drug-likeness (QED) is 0.440. The molecule has 6 heteroatoms. The third-order valence-corrected chi connectivity index (χ3v) is 5.16. The van der Waals surface area contributed by atoms with Crippen LogP contribution in [0.3, 0.4) is 0 Å². The number of aryl methyl sites for hydroxylation is 1. The van der Waals surface area contributed by atoms with Crippen molar-refractivity contribution in [3.8, 4) is 6.07 Å². The van der Waals surface area contributed by atoms with Gasteiger partial charge in [0.25, 0.3) is 0 Å². The lowest BCUT2D eigenvalue weighted by molar-refractivity contribution is 0.0995. The summed E-state index contributed by atoms with van der Waals surface area (Å²) in [6.07, 6.45) is 3.78. The Hall–Kier alpha value is -3.17. The van der Waals surface area contributed by atoms with E-state index >= 15 is 0 Å². The van der Waals surface area contributed by atoms with E-state index in [1.807, 2.05) is 67.8 Å². The van der Waals surface area contributed by atoms with Gasteiger partial charge in [0, 0.05) is 16.9 Å². The Bertz CT molecular complexity index is 1030. The van der Waals surface area contributed by atoms with Crippen LogP contribution in [0.4, 0.5) is 0 Å². The molecule has 5 nitrogen and oxygen atoms in total. The minimum absolute atomic E-state index is 0.0197. The van der Waals surface area contributed by atoms with Crippen molar-refractivity contribution >= 4 is 23.1 Å². The van der Waals surface area contributed by atoms with E-state index in [9.17, 15) is 10.1 Å². The maximum absolute atomic E-state index is 12.6. The first-order valence-electron chi connectivity index (χ1n) is 8.82. The maximum Gasteiger partial charge on any atom is 0.167 e. The van der Waals surface area contributed by atoms with E-state index in [4.69, 9.17) is 0 Å². The van der Waals surface area contributed by atoms with E-state index in [-0.39, 0.29) is 12.2 Å². The van der Waals surface area contributed by atoms with Gasteiger partial charge in [0.05, 0.1) is 18.3 Å². The number of hydrogen-bond acceptors (Lipinski definition) is 5. The fraction of sp³-hybridized carbons (Fsp3) is 0.182. The molecule has 28 heavy (non-hydrogen) atoms. The Labute approximate surface area is 168 Å². The molecule has 0 bridgehead atoms. The zero-order valence-electron chi connectivity index (χ0n) is 15.8. The second-order valence-corrected chi connectivity index (χ2v) is 7.27. The third-order valence-electron chi connectivity index (χ3n) is 4.31. The number of carbonyl (C=O) groups excluding carboxylic acids is 1. The Morgan fingerprint density at radius 3 is 2.50 bits per heavy atom. The average molecular weight is 388 g/mol. The van der Waals surface area contributed by atoms with E-state index in [1.165, 1.54) is 11.8 Å². The van der Waals surface area contributed by atoms with E-state index in [0.29, 0.717) is 28.3 Å². The Kier molecular flexibility index (Phi) is 6.41. The minimum Gasteiger partial charge on any atom is -0.294 e. The monoisotopic (exact) mass is 388 g/mol. The van der Waals surface area contributed by atoms with Gasteiger partial charge in [0.15, 0.2) is 5.78 Å². The van der Waals surface area contributed by atoms with Crippen molar-refractivity contribution in [2.75, 3.05) is 6.26 Å². The van der Waals surface area contributed by atoms with Crippen LogP contribution in [0.25, 0.3) is 5.57 Å². The number of hydrogen-bond donors (Lipinski definition) is 0. The highest BCUT2D eigenvalue weighted by atomic mass is 32.2. The molecule has 0 amide bonds. The molecule has 0 N–H and O–H groups in total. The molecule has 2 aromatic carbocycles. The van der Waals surface area contributed by atoms with E-state index < -0.39 is 0 Å². The van der Waals surface area contributed by atoms with Gasteiger partial charge in [-0.2, -0.15) is 5.26 Å². The van der Waals surface area contributed by atoms with Crippen molar-refractivity contribution in [2.45, 2.75) is 19.9 Å². The number of nitriles is 1. The summed E-state index contributed by atoms with van der Waals surface area (Å²) < 4.78 is 1.70. The summed E-state index contributed by atoms with van der Waals surface area (Å²) in [6, 6.07) is 19.6. The molecule has 0 aliphatic rings. The van der Waals surface area contributed by atoms with E-state index in [0.717, 1.165) is 11.1 Å². The number of rotatable bonds is 7. The molecule has 0 spiro atoms. The molecular weight excluding hydrogens is 368 g/mol. The van der Waals surface area contributed by atoms with Gasteiger partial charge in [-0.15, -0.1) is 16.9 Å². The first kappa shape index (κ1) is 19.6. The lowest BCUT2D eigenvalue weighted by atomic mass is 10.0. The largest absolute Gasteiger partial charge is 0.294 e. The SMILES string of the molecule is CS/C(CC(=O)c1ccc(C)cc1)=C(/C#N)c1cn(Cc2ccccc2)nn1. The number of nitrogens with zero attached hydrogens (tertiary/aromatic N) is 4. The van der Waals surface area contributed by atoms with Gasteiger partial charge in [-0.1, -0.05) is 65.4 Å². The van der Waals surface area contributed by atoms with Crippen LogP contribution < -0.4 is 0 Å². The highest BCUT2D eigenvalue weighted by Crippen LogP contribution is 2.28. The Balaban J connectivity index is 1.83. The van der Waals surface area contributed by atoms with Gasteiger partial charge in [0.2, 0.25) is 0 Å². The number of carbonyl (C=O) groups is 1. The van der Waals surface area contributed by atoms with E-state index in [2.05, 4.69) is 16.4 Å². The second-order valence-electron chi connectivity index (χ2n) is 6.37. The van der Waals surface area contributed by atoms with Gasteiger partial charge < -0.3 is 0 Å². The van der Waals surface area contributed by atoms with Crippen LogP contribution in [0.2, 0.25) is 0 Å². The standard InChI is InChI=1S/C22H20N4OS/c1-16-8-10-18(11-9-16)21(27)12-22(28-2)19(13-23)20-15-26(25-24-20)14-17-6-4-3-5-7-17/h3-11,15H,12,14H2,1-2H3/b22-19-. The molecule has 1 aromatic heterocycles. The van der Waals surface area contributed by atoms with Crippen LogP contribution in [0, 0.1) is 18.3 Å². The topological polar surface area (TPSA) is 71.6 Å². The smallest absolute Gasteiger partial charge is 0.167 e. The zero-order chi connectivity index (χ0) is 19.9. The Morgan fingerprint density at radius 2 is 1.86 bits per heavy atom. The number of aromatic nitrogens is 3. The van der Waals surface area contributed by atoms with Gasteiger partial charge in [-0.3, -0.25) is 4.79 Å². The molecule has 3 aromatic rings. The highest BCUT2D eigenvalue weighted by Gasteiger charge is 2.17. The van der Waals surface area contributed by atoms with Gasteiger partial charge in [-0.05, 0) is 18.7 Å². The summed E-state index contributed by atoms with van der Waals surface area (Å²) in [6.45, 7) is 2.55. The molecule has 3 rings (SSSR count). The van der Waals surface area contributed by atoms with Crippen LogP contribution >= 0.6 is 11.8 Å². The van der Waals surface area contributed by atoms with Crippen molar-refractivity contribution in [3.63, 3.8) is 0 Å². The molecule has 140 valence electrons. The molecule has 0 saturated carbocycles. The molecule has 0 aliphatic heterocycles. The predicted molar refractivity (Wildman–Crippen MR) is 112 cm³/mol. The van der Waals surface area contributed by atoms with E-state index in [1.54, 1.807) is 10.9 Å². The second kappa shape index (κ2) is 9.16. The summed E-state index contributed by atoms with van der Waals surface area (Å²) in [5.74, 6) is -0.0197. The Morgan fingerprint density at radius 1 is 1.14 bits per heavy atom. The third kappa shape index (κ3) is 4.76. The minimum atomic E-state index is -0.0197. The van der Waals surface area contributed by atoms with Crippen LogP contribution in [-0.4, -0.2) is 27.0 Å². The molecule has 0 unspecified atom stereocenters. The maximum atomic E-state index is 12.6. The molecule has 0 saturated heterocycles. The number of ketones is 1. The van der Waals surface area contributed by atoms with Crippen molar-refractivity contribution in [1.29, 1.82) is 5.26 Å². The fourth-order valence-electron chi connectivity index (χ4n) is 2.77. The number of thioether (sulfide) groups is 1. The average Bonchev–Trinajstić information content (AvgIpc) is 3.17. The first-order valence-corrected chi connectivity index (χ1v) is 10.0. The predicted octanol–water partition coefficient (Wildman–Crippen LogP) is 4.51. The molecule has 0 aliphatic carbocycles. The number of benzene rings is 2. The first-order chi connectivity index (χ1) is 13.6. The van der Waals surface area contributed by atoms with Gasteiger partial charge in [-0.25, -0.2) is 4.68 Å². The summed E-state index contributed by atoms with van der Waals surface area (Å²) in [5, 5.41) is 18.0. The summed E-state index contributed by atoms with van der Waals surface area (Å²) in [4.78, 5) is 13.3. The zero-order valence-corrected chi connectivity index (χ0v) is 16.6. The van der Waals surface area contributed by atoms with Crippen molar-refractivity contribution in [2.24, 2.45) is 0 Å². The summed E-state index contributed by atoms with van der Waals surface area (Å²) in [5.41, 5.74) is 3.72. The summed E-state index contributed by atoms with van der Waals surface area (Å²) in [7, 11) is 0.